The molecule has 2 aliphatic rings. The summed E-state index contributed by atoms with van der Waals surface area (Å²) < 4.78 is 0. The number of amides is 1. The zero-order chi connectivity index (χ0) is 11.1. The Morgan fingerprint density at radius 3 is 2.69 bits per heavy atom. The van der Waals surface area contributed by atoms with Crippen LogP contribution in [0.2, 0.25) is 0 Å². The topological polar surface area (TPSA) is 61.4 Å². The van der Waals surface area contributed by atoms with Crippen molar-refractivity contribution in [2.75, 3.05) is 13.1 Å². The van der Waals surface area contributed by atoms with Crippen LogP contribution in [0.3, 0.4) is 0 Å². The van der Waals surface area contributed by atoms with Crippen molar-refractivity contribution in [1.82, 2.24) is 10.6 Å². The molecule has 1 aromatic rings. The summed E-state index contributed by atoms with van der Waals surface area (Å²) in [5.41, 5.74) is 0.362. The molecule has 1 saturated carbocycles. The maximum atomic E-state index is 11.9. The maximum absolute atomic E-state index is 11.9. The SMILES string of the molecule is O=C(NC1C2CNCC21)c1ccccc1O. The van der Waals surface area contributed by atoms with Gasteiger partial charge >= 0.3 is 0 Å². The fourth-order valence-electron chi connectivity index (χ4n) is 2.53. The number of hydrogen-bond acceptors (Lipinski definition) is 3. The average Bonchev–Trinajstić information content (AvgIpc) is 2.75. The van der Waals surface area contributed by atoms with Gasteiger partial charge in [0.05, 0.1) is 5.56 Å². The highest BCUT2D eigenvalue weighted by Crippen LogP contribution is 2.41. The number of hydrogen-bond donors (Lipinski definition) is 3. The molecular weight excluding hydrogens is 204 g/mol. The molecule has 0 bridgehead atoms. The Morgan fingerprint density at radius 1 is 1.31 bits per heavy atom. The third kappa shape index (κ3) is 1.46. The molecule has 2 atom stereocenters. The van der Waals surface area contributed by atoms with Crippen LogP contribution in [-0.2, 0) is 0 Å². The van der Waals surface area contributed by atoms with Gasteiger partial charge in [0, 0.05) is 19.1 Å². The number of aromatic hydroxyl groups is 1. The molecule has 0 aromatic heterocycles. The Hall–Kier alpha value is -1.55. The number of benzene rings is 1. The minimum absolute atomic E-state index is 0.0453. The van der Waals surface area contributed by atoms with Crippen LogP contribution in [0, 0.1) is 11.8 Å². The molecule has 1 aromatic carbocycles. The zero-order valence-electron chi connectivity index (χ0n) is 8.81. The highest BCUT2D eigenvalue weighted by molar-refractivity contribution is 5.97. The van der Waals surface area contributed by atoms with Crippen LogP contribution in [0.4, 0.5) is 0 Å². The number of fused-ring (bicyclic) bond motifs is 1. The molecule has 4 nitrogen and oxygen atoms in total. The Morgan fingerprint density at radius 2 is 2.00 bits per heavy atom. The van der Waals surface area contributed by atoms with E-state index in [4.69, 9.17) is 0 Å². The van der Waals surface area contributed by atoms with Gasteiger partial charge in [0.15, 0.2) is 0 Å². The van der Waals surface area contributed by atoms with Gasteiger partial charge in [-0.15, -0.1) is 0 Å². The van der Waals surface area contributed by atoms with E-state index in [0.29, 0.717) is 23.4 Å². The van der Waals surface area contributed by atoms with Gasteiger partial charge < -0.3 is 15.7 Å². The van der Waals surface area contributed by atoms with Crippen LogP contribution in [0.5, 0.6) is 5.75 Å². The van der Waals surface area contributed by atoms with Crippen molar-refractivity contribution in [1.29, 1.82) is 0 Å². The zero-order valence-corrected chi connectivity index (χ0v) is 8.81. The molecule has 0 spiro atoms. The van der Waals surface area contributed by atoms with Crippen LogP contribution in [0.25, 0.3) is 0 Å². The van der Waals surface area contributed by atoms with Crippen LogP contribution < -0.4 is 10.6 Å². The summed E-state index contributed by atoms with van der Waals surface area (Å²) in [6.07, 6.45) is 0. The second-order valence-electron chi connectivity index (χ2n) is 4.50. The van der Waals surface area contributed by atoms with Crippen LogP contribution in [-0.4, -0.2) is 30.1 Å². The fourth-order valence-corrected chi connectivity index (χ4v) is 2.53. The predicted molar refractivity (Wildman–Crippen MR) is 59.2 cm³/mol. The summed E-state index contributed by atoms with van der Waals surface area (Å²) in [5, 5.41) is 15.8. The fraction of sp³-hybridized carbons (Fsp3) is 0.417. The molecule has 1 aliphatic heterocycles. The average molecular weight is 218 g/mol. The Labute approximate surface area is 93.7 Å². The molecular formula is C12H14N2O2. The van der Waals surface area contributed by atoms with Crippen LogP contribution in [0.1, 0.15) is 10.4 Å². The first-order valence-electron chi connectivity index (χ1n) is 5.57. The third-order valence-electron chi connectivity index (χ3n) is 3.54. The number of para-hydroxylation sites is 1. The molecule has 3 rings (SSSR count). The second-order valence-corrected chi connectivity index (χ2v) is 4.50. The van der Waals surface area contributed by atoms with Crippen molar-refractivity contribution in [3.8, 4) is 5.75 Å². The normalized spacial score (nSPS) is 30.9. The third-order valence-corrected chi connectivity index (χ3v) is 3.54. The molecule has 84 valence electrons. The molecule has 1 amide bonds. The number of phenols is 1. The quantitative estimate of drug-likeness (QED) is 0.671. The number of carbonyl (C=O) groups is 1. The summed E-state index contributed by atoms with van der Waals surface area (Å²) in [7, 11) is 0. The number of rotatable bonds is 2. The number of carbonyl (C=O) groups excluding carboxylic acids is 1. The van der Waals surface area contributed by atoms with Crippen molar-refractivity contribution >= 4 is 5.91 Å². The van der Waals surface area contributed by atoms with Crippen molar-refractivity contribution in [2.24, 2.45) is 11.8 Å². The molecule has 0 radical (unpaired) electrons. The second kappa shape index (κ2) is 3.49. The number of phenolic OH excluding ortho intramolecular Hbond substituents is 1. The molecule has 1 aliphatic carbocycles. The van der Waals surface area contributed by atoms with Gasteiger partial charge in [-0.25, -0.2) is 0 Å². The molecule has 4 heteroatoms. The molecule has 1 heterocycles. The number of nitrogens with one attached hydrogen (secondary N) is 2. The van der Waals surface area contributed by atoms with Gasteiger partial charge in [0.1, 0.15) is 5.75 Å². The summed E-state index contributed by atoms with van der Waals surface area (Å²) in [4.78, 5) is 11.9. The highest BCUT2D eigenvalue weighted by Gasteiger charge is 2.53. The van der Waals surface area contributed by atoms with Crippen molar-refractivity contribution in [3.63, 3.8) is 0 Å². The lowest BCUT2D eigenvalue weighted by atomic mass is 10.2. The van der Waals surface area contributed by atoms with Gasteiger partial charge in [-0.2, -0.15) is 0 Å². The summed E-state index contributed by atoms with van der Waals surface area (Å²) in [6.45, 7) is 1.99. The van der Waals surface area contributed by atoms with E-state index >= 15 is 0 Å². The van der Waals surface area contributed by atoms with E-state index in [-0.39, 0.29) is 11.7 Å². The van der Waals surface area contributed by atoms with E-state index in [1.165, 1.54) is 6.07 Å². The standard InChI is InChI=1S/C12H14N2O2/c15-10-4-2-1-3-7(10)12(16)14-11-8-5-13-6-9(8)11/h1-4,8-9,11,13,15H,5-6H2,(H,14,16). The van der Waals surface area contributed by atoms with Gasteiger partial charge in [-0.3, -0.25) is 4.79 Å². The Balaban J connectivity index is 1.68. The summed E-state index contributed by atoms with van der Waals surface area (Å²) >= 11 is 0. The minimum atomic E-state index is -0.169. The predicted octanol–water partition coefficient (Wildman–Crippen LogP) is 0.340. The van der Waals surface area contributed by atoms with E-state index in [2.05, 4.69) is 10.6 Å². The Kier molecular flexibility index (Phi) is 2.11. The van der Waals surface area contributed by atoms with Crippen LogP contribution in [0.15, 0.2) is 24.3 Å². The van der Waals surface area contributed by atoms with Crippen LogP contribution >= 0.6 is 0 Å². The highest BCUT2D eigenvalue weighted by atomic mass is 16.3. The van der Waals surface area contributed by atoms with Gasteiger partial charge in [0.25, 0.3) is 5.91 Å². The van der Waals surface area contributed by atoms with Gasteiger partial charge in [-0.1, -0.05) is 12.1 Å². The Bertz CT molecular complexity index is 423. The van der Waals surface area contributed by atoms with E-state index in [0.717, 1.165) is 13.1 Å². The van der Waals surface area contributed by atoms with Crippen molar-refractivity contribution < 1.29 is 9.90 Å². The van der Waals surface area contributed by atoms with E-state index < -0.39 is 0 Å². The number of piperidine rings is 1. The summed E-state index contributed by atoms with van der Waals surface area (Å²) in [6, 6.07) is 6.94. The monoisotopic (exact) mass is 218 g/mol. The molecule has 2 unspecified atom stereocenters. The van der Waals surface area contributed by atoms with Gasteiger partial charge in [-0.05, 0) is 24.0 Å². The molecule has 3 N–H and O–H groups in total. The van der Waals surface area contributed by atoms with E-state index in [1.807, 2.05) is 0 Å². The largest absolute Gasteiger partial charge is 0.507 e. The first-order valence-corrected chi connectivity index (χ1v) is 5.57. The van der Waals surface area contributed by atoms with Crippen molar-refractivity contribution in [3.05, 3.63) is 29.8 Å². The van der Waals surface area contributed by atoms with Gasteiger partial charge in [0.2, 0.25) is 0 Å². The first kappa shape index (κ1) is 9.66. The lowest BCUT2D eigenvalue weighted by molar-refractivity contribution is 0.0944. The maximum Gasteiger partial charge on any atom is 0.255 e. The summed E-state index contributed by atoms with van der Waals surface area (Å²) in [5.74, 6) is 1.06. The lowest BCUT2D eigenvalue weighted by Crippen LogP contribution is -2.32. The smallest absolute Gasteiger partial charge is 0.255 e. The first-order chi connectivity index (χ1) is 7.77. The molecule has 1 saturated heterocycles. The molecule has 16 heavy (non-hydrogen) atoms. The van der Waals surface area contributed by atoms with Crippen molar-refractivity contribution in [2.45, 2.75) is 6.04 Å². The molecule has 2 fully saturated rings. The van der Waals surface area contributed by atoms with E-state index in [9.17, 15) is 9.90 Å². The minimum Gasteiger partial charge on any atom is -0.507 e. The van der Waals surface area contributed by atoms with E-state index in [1.54, 1.807) is 18.2 Å². The lowest BCUT2D eigenvalue weighted by Gasteiger charge is -2.08.